The van der Waals surface area contributed by atoms with Crippen molar-refractivity contribution in [3.8, 4) is 5.75 Å². The van der Waals surface area contributed by atoms with E-state index in [1.807, 2.05) is 31.2 Å². The van der Waals surface area contributed by atoms with Gasteiger partial charge in [-0.15, -0.1) is 11.3 Å². The summed E-state index contributed by atoms with van der Waals surface area (Å²) in [6, 6.07) is 10.7. The first-order valence-corrected chi connectivity index (χ1v) is 8.21. The van der Waals surface area contributed by atoms with E-state index in [4.69, 9.17) is 9.15 Å². The van der Waals surface area contributed by atoms with Gasteiger partial charge in [0.2, 0.25) is 5.78 Å². The number of benzene rings is 1. The fourth-order valence-electron chi connectivity index (χ4n) is 2.16. The van der Waals surface area contributed by atoms with Crippen molar-refractivity contribution in [2.75, 3.05) is 6.61 Å². The molecule has 6 heteroatoms. The van der Waals surface area contributed by atoms with Crippen molar-refractivity contribution < 1.29 is 13.9 Å². The number of ketones is 1. The molecule has 122 valence electrons. The van der Waals surface area contributed by atoms with Crippen LogP contribution >= 0.6 is 11.3 Å². The minimum absolute atomic E-state index is 0.233. The largest absolute Gasteiger partial charge is 0.493 e. The summed E-state index contributed by atoms with van der Waals surface area (Å²) in [6.45, 7) is 2.45. The van der Waals surface area contributed by atoms with Gasteiger partial charge in [0.1, 0.15) is 5.75 Å². The highest BCUT2D eigenvalue weighted by Crippen LogP contribution is 2.18. The molecule has 0 bridgehead atoms. The Kier molecular flexibility index (Phi) is 4.77. The second kappa shape index (κ2) is 7.14. The number of hydrogen-bond acceptors (Lipinski definition) is 5. The molecule has 3 aromatic rings. The molecular formula is C18H15NO4S. The number of rotatable bonds is 5. The third-order valence-corrected chi connectivity index (χ3v) is 4.18. The Hall–Kier alpha value is -2.86. The van der Waals surface area contributed by atoms with Gasteiger partial charge in [0.25, 0.3) is 5.56 Å². The fraction of sp³-hybridized carbons (Fsp3) is 0.111. The van der Waals surface area contributed by atoms with Gasteiger partial charge in [-0.2, -0.15) is 0 Å². The summed E-state index contributed by atoms with van der Waals surface area (Å²) in [5.41, 5.74) is 0.570. The van der Waals surface area contributed by atoms with E-state index in [-0.39, 0.29) is 17.1 Å². The van der Waals surface area contributed by atoms with Crippen LogP contribution in [0.4, 0.5) is 0 Å². The summed E-state index contributed by atoms with van der Waals surface area (Å²) in [7, 11) is 0. The number of carbonyl (C=O) groups excluding carboxylic acids is 1. The summed E-state index contributed by atoms with van der Waals surface area (Å²) in [5.74, 6) is 0.653. The monoisotopic (exact) mass is 341 g/mol. The Labute approximate surface area is 141 Å². The summed E-state index contributed by atoms with van der Waals surface area (Å²) < 4.78 is 11.6. The van der Waals surface area contributed by atoms with Crippen LogP contribution in [0.3, 0.4) is 0 Å². The van der Waals surface area contributed by atoms with E-state index < -0.39 is 0 Å². The van der Waals surface area contributed by atoms with Crippen molar-refractivity contribution in [3.63, 3.8) is 0 Å². The molecule has 1 aromatic carbocycles. The maximum Gasteiger partial charge on any atom is 0.266 e. The summed E-state index contributed by atoms with van der Waals surface area (Å²) in [5, 5.41) is 0. The third-order valence-electron chi connectivity index (χ3n) is 3.21. The molecule has 2 aromatic heterocycles. The first kappa shape index (κ1) is 16.0. The van der Waals surface area contributed by atoms with Gasteiger partial charge in [-0.1, -0.05) is 18.2 Å². The van der Waals surface area contributed by atoms with Crippen molar-refractivity contribution in [2.45, 2.75) is 6.92 Å². The summed E-state index contributed by atoms with van der Waals surface area (Å²) in [6.07, 6.45) is 4.54. The molecule has 0 saturated carbocycles. The first-order valence-electron chi connectivity index (χ1n) is 7.39. The smallest absolute Gasteiger partial charge is 0.266 e. The van der Waals surface area contributed by atoms with Gasteiger partial charge in [-0.25, -0.2) is 0 Å². The molecule has 0 aliphatic carbocycles. The number of H-pyrrole nitrogens is 1. The molecule has 0 saturated heterocycles. The molecule has 0 radical (unpaired) electrons. The van der Waals surface area contributed by atoms with Gasteiger partial charge in [-0.05, 0) is 31.2 Å². The number of furan rings is 1. The molecule has 0 fully saturated rings. The first-order chi connectivity index (χ1) is 11.7. The van der Waals surface area contributed by atoms with Gasteiger partial charge in [-0.3, -0.25) is 9.59 Å². The van der Waals surface area contributed by atoms with E-state index in [9.17, 15) is 9.59 Å². The standard InChI is InChI=1S/C18H15NO4S/c1-2-22-14-7-4-3-6-12(14)10-16-18(21)19-17(24-16)11-13(20)15-8-5-9-23-15/h3-11H,2H2,1H3,(H,19,21)/b16-10-,17-11-. The van der Waals surface area contributed by atoms with E-state index in [0.29, 0.717) is 21.6 Å². The quantitative estimate of drug-likeness (QED) is 0.720. The lowest BCUT2D eigenvalue weighted by molar-refractivity contribution is 0.103. The Morgan fingerprint density at radius 1 is 1.29 bits per heavy atom. The van der Waals surface area contributed by atoms with Crippen molar-refractivity contribution in [1.29, 1.82) is 0 Å². The van der Waals surface area contributed by atoms with Crippen molar-refractivity contribution in [2.24, 2.45) is 0 Å². The van der Waals surface area contributed by atoms with Crippen molar-refractivity contribution >= 4 is 29.3 Å². The van der Waals surface area contributed by atoms with E-state index in [1.54, 1.807) is 18.2 Å². The molecule has 0 amide bonds. The number of carbonyl (C=O) groups is 1. The normalized spacial score (nSPS) is 12.5. The van der Waals surface area contributed by atoms with Crippen LogP contribution < -0.4 is 19.5 Å². The van der Waals surface area contributed by atoms with Crippen LogP contribution in [0, 0.1) is 0 Å². The van der Waals surface area contributed by atoms with Crippen LogP contribution in [0.2, 0.25) is 0 Å². The Bertz CT molecular complexity index is 1010. The van der Waals surface area contributed by atoms with Crippen molar-refractivity contribution in [1.82, 2.24) is 4.98 Å². The lowest BCUT2D eigenvalue weighted by Gasteiger charge is -2.05. The van der Waals surface area contributed by atoms with E-state index in [1.165, 1.54) is 23.7 Å². The number of aromatic nitrogens is 1. The SMILES string of the molecule is CCOc1ccccc1/C=c1\s/c(=C\C(=O)c2ccco2)[nH]c1=O. The highest BCUT2D eigenvalue weighted by Gasteiger charge is 2.06. The molecule has 3 rings (SSSR count). The number of ether oxygens (including phenoxy) is 1. The van der Waals surface area contributed by atoms with Gasteiger partial charge in [0.15, 0.2) is 5.76 Å². The highest BCUT2D eigenvalue weighted by atomic mass is 32.1. The lowest BCUT2D eigenvalue weighted by Crippen LogP contribution is -2.20. The average Bonchev–Trinajstić information content (AvgIpc) is 3.20. The maximum absolute atomic E-state index is 12.1. The Morgan fingerprint density at radius 2 is 2.12 bits per heavy atom. The molecule has 0 atom stereocenters. The van der Waals surface area contributed by atoms with Gasteiger partial charge in [0.05, 0.1) is 22.1 Å². The van der Waals surface area contributed by atoms with Crippen LogP contribution in [-0.2, 0) is 0 Å². The number of aromatic amines is 1. The minimum Gasteiger partial charge on any atom is -0.493 e. The number of para-hydroxylation sites is 1. The van der Waals surface area contributed by atoms with E-state index in [2.05, 4.69) is 4.98 Å². The van der Waals surface area contributed by atoms with Crippen LogP contribution in [-0.4, -0.2) is 17.4 Å². The number of hydrogen-bond donors (Lipinski definition) is 1. The average molecular weight is 341 g/mol. The molecule has 2 heterocycles. The van der Waals surface area contributed by atoms with Gasteiger partial charge in [0, 0.05) is 11.6 Å². The Balaban J connectivity index is 2.01. The van der Waals surface area contributed by atoms with Crippen LogP contribution in [0.25, 0.3) is 12.2 Å². The predicted molar refractivity (Wildman–Crippen MR) is 92.9 cm³/mol. The molecular weight excluding hydrogens is 326 g/mol. The second-order valence-electron chi connectivity index (χ2n) is 4.89. The molecule has 24 heavy (non-hydrogen) atoms. The maximum atomic E-state index is 12.1. The molecule has 0 unspecified atom stereocenters. The topological polar surface area (TPSA) is 72.3 Å². The molecule has 5 nitrogen and oxygen atoms in total. The fourth-order valence-corrected chi connectivity index (χ4v) is 3.04. The summed E-state index contributed by atoms with van der Waals surface area (Å²) >= 11 is 1.21. The highest BCUT2D eigenvalue weighted by molar-refractivity contribution is 7.07. The predicted octanol–water partition coefficient (Wildman–Crippen LogP) is 1.92. The molecule has 1 N–H and O–H groups in total. The van der Waals surface area contributed by atoms with E-state index in [0.717, 1.165) is 5.56 Å². The third kappa shape index (κ3) is 3.55. The second-order valence-corrected chi connectivity index (χ2v) is 5.97. The molecule has 0 aliphatic rings. The zero-order chi connectivity index (χ0) is 16.9. The van der Waals surface area contributed by atoms with Crippen LogP contribution in [0.15, 0.2) is 51.9 Å². The number of thiazole rings is 1. The number of Topliss-reactive ketones (excluding diaryl/α,β-unsaturated/α-hetero) is 1. The Morgan fingerprint density at radius 3 is 2.88 bits per heavy atom. The zero-order valence-corrected chi connectivity index (χ0v) is 13.8. The molecule has 0 aliphatic heterocycles. The van der Waals surface area contributed by atoms with Gasteiger partial charge < -0.3 is 14.1 Å². The minimum atomic E-state index is -0.293. The summed E-state index contributed by atoms with van der Waals surface area (Å²) in [4.78, 5) is 26.8. The van der Waals surface area contributed by atoms with Gasteiger partial charge >= 0.3 is 0 Å². The van der Waals surface area contributed by atoms with Crippen molar-refractivity contribution in [3.05, 3.63) is 73.5 Å². The molecule has 0 spiro atoms. The van der Waals surface area contributed by atoms with E-state index >= 15 is 0 Å². The number of nitrogens with one attached hydrogen (secondary N) is 1. The van der Waals surface area contributed by atoms with Crippen LogP contribution in [0.1, 0.15) is 23.0 Å². The zero-order valence-electron chi connectivity index (χ0n) is 12.9. The van der Waals surface area contributed by atoms with Crippen LogP contribution in [0.5, 0.6) is 5.75 Å². The lowest BCUT2D eigenvalue weighted by atomic mass is 10.2.